The van der Waals surface area contributed by atoms with Crippen molar-refractivity contribution in [3.05, 3.63) is 48.6 Å². The minimum Gasteiger partial charge on any atom is -0.396 e. The van der Waals surface area contributed by atoms with E-state index in [0.29, 0.717) is 5.92 Å². The molecule has 1 aliphatic heterocycles. The fraction of sp³-hybridized carbons (Fsp3) is 0.814. The molecule has 0 bridgehead atoms. The van der Waals surface area contributed by atoms with Gasteiger partial charge in [0, 0.05) is 19.4 Å². The molecule has 0 aromatic rings. The highest BCUT2D eigenvalue weighted by Gasteiger charge is 2.50. The monoisotopic (exact) mass is 641 g/mol. The summed E-state index contributed by atoms with van der Waals surface area (Å²) in [7, 11) is 0. The molecular formula is C43H76O3. The molecule has 0 unspecified atom stereocenters. The highest BCUT2D eigenvalue weighted by Crippen LogP contribution is 2.45. The van der Waals surface area contributed by atoms with Gasteiger partial charge < -0.3 is 14.6 Å². The molecule has 2 rings (SSSR count). The van der Waals surface area contributed by atoms with Gasteiger partial charge in [-0.25, -0.2) is 0 Å². The molecule has 3 heteroatoms. The van der Waals surface area contributed by atoms with Crippen molar-refractivity contribution in [1.29, 1.82) is 0 Å². The van der Waals surface area contributed by atoms with Crippen LogP contribution in [0.25, 0.3) is 0 Å². The molecule has 0 aromatic heterocycles. The van der Waals surface area contributed by atoms with E-state index in [1.54, 1.807) is 0 Å². The number of fused-ring (bicyclic) bond motifs is 1. The Morgan fingerprint density at radius 2 is 0.826 bits per heavy atom. The Morgan fingerprint density at radius 1 is 0.478 bits per heavy atom. The van der Waals surface area contributed by atoms with Crippen molar-refractivity contribution in [2.75, 3.05) is 6.61 Å². The summed E-state index contributed by atoms with van der Waals surface area (Å²) in [6.07, 6.45) is 53.9. The molecule has 0 spiro atoms. The maximum atomic E-state index is 9.65. The van der Waals surface area contributed by atoms with Crippen LogP contribution in [0.2, 0.25) is 0 Å². The Labute approximate surface area is 286 Å². The van der Waals surface area contributed by atoms with Gasteiger partial charge in [-0.15, -0.1) is 0 Å². The molecule has 2 fully saturated rings. The van der Waals surface area contributed by atoms with Gasteiger partial charge in [0.2, 0.25) is 0 Å². The second-order valence-electron chi connectivity index (χ2n) is 14.4. The first-order valence-electron chi connectivity index (χ1n) is 20.3. The van der Waals surface area contributed by atoms with Gasteiger partial charge in [0.25, 0.3) is 0 Å². The Hall–Kier alpha value is -1.16. The van der Waals surface area contributed by atoms with Crippen LogP contribution >= 0.6 is 0 Å². The zero-order chi connectivity index (χ0) is 32.8. The van der Waals surface area contributed by atoms with E-state index in [-0.39, 0.29) is 24.6 Å². The van der Waals surface area contributed by atoms with E-state index >= 15 is 0 Å². The van der Waals surface area contributed by atoms with E-state index in [2.05, 4.69) is 62.5 Å². The van der Waals surface area contributed by atoms with Crippen LogP contribution in [0.4, 0.5) is 0 Å². The molecule has 1 saturated carbocycles. The molecule has 1 aliphatic carbocycles. The minimum absolute atomic E-state index is 0.200. The quantitative estimate of drug-likeness (QED) is 0.0605. The van der Waals surface area contributed by atoms with Crippen molar-refractivity contribution in [2.45, 2.75) is 212 Å². The van der Waals surface area contributed by atoms with Gasteiger partial charge in [-0.3, -0.25) is 0 Å². The van der Waals surface area contributed by atoms with Crippen molar-refractivity contribution < 1.29 is 14.6 Å². The summed E-state index contributed by atoms with van der Waals surface area (Å²) in [5.74, 6) is -0.00280. The lowest BCUT2D eigenvalue weighted by Gasteiger charge is -2.30. The Balaban J connectivity index is 1.52. The van der Waals surface area contributed by atoms with Gasteiger partial charge >= 0.3 is 0 Å². The summed E-state index contributed by atoms with van der Waals surface area (Å²) in [5, 5.41) is 9.65. The lowest BCUT2D eigenvalue weighted by Crippen LogP contribution is -2.32. The molecule has 2 aliphatic rings. The fourth-order valence-electron chi connectivity index (χ4n) is 7.16. The van der Waals surface area contributed by atoms with Gasteiger partial charge in [-0.1, -0.05) is 140 Å². The molecule has 0 aromatic carbocycles. The number of aliphatic hydroxyl groups excluding tert-OH is 1. The lowest BCUT2D eigenvalue weighted by molar-refractivity contribution is -0.193. The summed E-state index contributed by atoms with van der Waals surface area (Å²) < 4.78 is 13.4. The molecule has 266 valence electrons. The second kappa shape index (κ2) is 28.8. The lowest BCUT2D eigenvalue weighted by atomic mass is 9.98. The maximum absolute atomic E-state index is 9.65. The van der Waals surface area contributed by atoms with Crippen molar-refractivity contribution >= 4 is 0 Å². The molecule has 0 amide bonds. The highest BCUT2D eigenvalue weighted by atomic mass is 16.8. The van der Waals surface area contributed by atoms with Crippen LogP contribution in [0.1, 0.15) is 194 Å². The van der Waals surface area contributed by atoms with E-state index in [1.165, 1.54) is 141 Å². The van der Waals surface area contributed by atoms with E-state index < -0.39 is 0 Å². The van der Waals surface area contributed by atoms with E-state index in [9.17, 15) is 5.11 Å². The van der Waals surface area contributed by atoms with Gasteiger partial charge in [-0.05, 0) is 95.8 Å². The molecule has 46 heavy (non-hydrogen) atoms. The molecular weight excluding hydrogens is 564 g/mol. The molecule has 0 radical (unpaired) electrons. The minimum atomic E-state index is -0.361. The first-order chi connectivity index (χ1) is 22.7. The third-order valence-corrected chi connectivity index (χ3v) is 10.1. The van der Waals surface area contributed by atoms with Crippen molar-refractivity contribution in [3.8, 4) is 0 Å². The van der Waals surface area contributed by atoms with E-state index in [0.717, 1.165) is 38.5 Å². The van der Waals surface area contributed by atoms with Crippen LogP contribution in [0.5, 0.6) is 0 Å². The third kappa shape index (κ3) is 20.3. The molecule has 3 atom stereocenters. The maximum Gasteiger partial charge on any atom is 0.169 e. The fourth-order valence-corrected chi connectivity index (χ4v) is 7.16. The number of hydrogen-bond acceptors (Lipinski definition) is 3. The molecule has 1 N–H and O–H groups in total. The Bertz CT molecular complexity index is 732. The van der Waals surface area contributed by atoms with Crippen LogP contribution < -0.4 is 0 Å². The van der Waals surface area contributed by atoms with Crippen molar-refractivity contribution in [3.63, 3.8) is 0 Å². The predicted molar refractivity (Wildman–Crippen MR) is 200 cm³/mol. The zero-order valence-corrected chi connectivity index (χ0v) is 30.6. The standard InChI is InChI=1S/C43H76O3/c1-3-5-7-9-11-13-15-17-19-21-23-25-27-29-31-33-35-43(45-41-37-40(39-44)38-42(41)46-43)36-34-32-30-28-26-24-22-20-18-16-14-12-10-8-6-4-2/h11-14,17-20,40-42,44H,3-10,15-16,21-39H2,1-2H3/b13-11-,14-12-,19-17-,20-18-/t40-,41-,42+. The van der Waals surface area contributed by atoms with Crippen molar-refractivity contribution in [2.24, 2.45) is 5.92 Å². The van der Waals surface area contributed by atoms with Gasteiger partial charge in [0.15, 0.2) is 5.79 Å². The number of aliphatic hydroxyl groups is 1. The normalized spacial score (nSPS) is 21.2. The van der Waals surface area contributed by atoms with Crippen LogP contribution in [-0.4, -0.2) is 29.7 Å². The average Bonchev–Trinajstić information content (AvgIpc) is 3.60. The van der Waals surface area contributed by atoms with Crippen LogP contribution in [0.3, 0.4) is 0 Å². The summed E-state index contributed by atoms with van der Waals surface area (Å²) >= 11 is 0. The predicted octanol–water partition coefficient (Wildman–Crippen LogP) is 13.3. The van der Waals surface area contributed by atoms with Crippen molar-refractivity contribution in [1.82, 2.24) is 0 Å². The number of hydrogen-bond donors (Lipinski definition) is 1. The number of unbranched alkanes of at least 4 members (excludes halogenated alkanes) is 18. The van der Waals surface area contributed by atoms with Crippen LogP contribution in [-0.2, 0) is 9.47 Å². The highest BCUT2D eigenvalue weighted by molar-refractivity contribution is 4.95. The Kier molecular flexibility index (Phi) is 25.7. The number of ether oxygens (including phenoxy) is 2. The molecule has 1 saturated heterocycles. The number of allylic oxidation sites excluding steroid dienone is 8. The van der Waals surface area contributed by atoms with Crippen LogP contribution in [0, 0.1) is 5.92 Å². The second-order valence-corrected chi connectivity index (χ2v) is 14.4. The third-order valence-electron chi connectivity index (χ3n) is 10.1. The van der Waals surface area contributed by atoms with E-state index in [4.69, 9.17) is 9.47 Å². The topological polar surface area (TPSA) is 38.7 Å². The smallest absolute Gasteiger partial charge is 0.169 e. The van der Waals surface area contributed by atoms with E-state index in [1.807, 2.05) is 0 Å². The molecule has 3 nitrogen and oxygen atoms in total. The zero-order valence-electron chi connectivity index (χ0n) is 30.6. The first-order valence-corrected chi connectivity index (χ1v) is 20.3. The van der Waals surface area contributed by atoms with Crippen LogP contribution in [0.15, 0.2) is 48.6 Å². The largest absolute Gasteiger partial charge is 0.396 e. The number of rotatable bonds is 31. The summed E-state index contributed by atoms with van der Waals surface area (Å²) in [5.41, 5.74) is 0. The molecule has 1 heterocycles. The summed E-state index contributed by atoms with van der Waals surface area (Å²) in [6.45, 7) is 4.80. The van der Waals surface area contributed by atoms with Gasteiger partial charge in [0.05, 0.1) is 12.2 Å². The Morgan fingerprint density at radius 3 is 1.20 bits per heavy atom. The van der Waals surface area contributed by atoms with Gasteiger partial charge in [0.1, 0.15) is 0 Å². The van der Waals surface area contributed by atoms with Gasteiger partial charge in [-0.2, -0.15) is 0 Å². The first kappa shape index (κ1) is 41.0. The summed E-state index contributed by atoms with van der Waals surface area (Å²) in [4.78, 5) is 0. The summed E-state index contributed by atoms with van der Waals surface area (Å²) in [6, 6.07) is 0. The average molecular weight is 641 g/mol. The SMILES string of the molecule is CCCCC/C=C\C/C=C\CCCCCCCCC1(CCCCCCCC/C=C\C/C=C\CCCCC)O[C@H]2C[C@H](CO)C[C@H]2O1.